The molecule has 3 heterocycles. The summed E-state index contributed by atoms with van der Waals surface area (Å²) < 4.78 is 6.97. The van der Waals surface area contributed by atoms with Crippen molar-refractivity contribution in [1.82, 2.24) is 24.1 Å². The largest absolute Gasteiger partial charge is 0.465 e. The van der Waals surface area contributed by atoms with Gasteiger partial charge in [-0.2, -0.15) is 0 Å². The smallest absolute Gasteiger partial charge is 0.320 e. The lowest BCUT2D eigenvalue weighted by atomic mass is 10.2. The summed E-state index contributed by atoms with van der Waals surface area (Å²) in [5.41, 5.74) is 1.31. The van der Waals surface area contributed by atoms with Crippen LogP contribution in [0.15, 0.2) is 11.6 Å². The molecule has 0 aromatic carbocycles. The average molecular weight is 394 g/mol. The van der Waals surface area contributed by atoms with E-state index in [1.165, 1.54) is 11.3 Å². The van der Waals surface area contributed by atoms with E-state index in [9.17, 15) is 9.59 Å². The van der Waals surface area contributed by atoms with Crippen LogP contribution in [0, 0.1) is 0 Å². The third-order valence-corrected chi connectivity index (χ3v) is 5.45. The maximum Gasteiger partial charge on any atom is 0.320 e. The number of likely N-dealkylation sites (N-methyl/N-ethyl adjacent to an activating group) is 2. The molecular weight excluding hydrogens is 366 g/mol. The van der Waals surface area contributed by atoms with Crippen molar-refractivity contribution in [3.8, 4) is 0 Å². The molecule has 0 unspecified atom stereocenters. The van der Waals surface area contributed by atoms with Gasteiger partial charge < -0.3 is 14.5 Å². The van der Waals surface area contributed by atoms with Gasteiger partial charge in [-0.05, 0) is 34.0 Å². The second-order valence-electron chi connectivity index (χ2n) is 6.89. The monoisotopic (exact) mass is 393 g/mol. The normalized spacial score (nSPS) is 16.1. The van der Waals surface area contributed by atoms with Crippen molar-refractivity contribution in [2.45, 2.75) is 19.9 Å². The van der Waals surface area contributed by atoms with E-state index in [-0.39, 0.29) is 18.4 Å². The number of rotatable bonds is 6. The van der Waals surface area contributed by atoms with E-state index < -0.39 is 0 Å². The third-order valence-electron chi connectivity index (χ3n) is 4.69. The van der Waals surface area contributed by atoms with Crippen molar-refractivity contribution < 1.29 is 14.3 Å². The van der Waals surface area contributed by atoms with Gasteiger partial charge in [0.05, 0.1) is 18.8 Å². The fourth-order valence-corrected chi connectivity index (χ4v) is 4.03. The molecule has 2 aromatic rings. The predicted molar refractivity (Wildman–Crippen MR) is 104 cm³/mol. The fourth-order valence-electron chi connectivity index (χ4n) is 3.29. The summed E-state index contributed by atoms with van der Waals surface area (Å²) in [6.45, 7) is 6.09. The van der Waals surface area contributed by atoms with Gasteiger partial charge in [-0.3, -0.25) is 18.9 Å². The number of fused-ring (bicyclic) bond motifs is 1. The maximum absolute atomic E-state index is 13.2. The highest BCUT2D eigenvalue weighted by molar-refractivity contribution is 7.15. The molecule has 0 N–H and O–H groups in total. The van der Waals surface area contributed by atoms with E-state index in [2.05, 4.69) is 16.9 Å². The number of ether oxygens (including phenoxy) is 1. The number of carbonyl (C=O) groups is 2. The first kappa shape index (κ1) is 19.8. The van der Waals surface area contributed by atoms with E-state index in [1.54, 1.807) is 6.92 Å². The molecule has 1 saturated heterocycles. The van der Waals surface area contributed by atoms with Crippen LogP contribution in [0.2, 0.25) is 0 Å². The lowest BCUT2D eigenvalue weighted by molar-refractivity contribution is -0.144. The number of thiazole rings is 1. The van der Waals surface area contributed by atoms with Crippen LogP contribution in [0.3, 0.4) is 0 Å². The molecule has 1 aliphatic heterocycles. The maximum atomic E-state index is 13.2. The molecule has 1 fully saturated rings. The summed E-state index contributed by atoms with van der Waals surface area (Å²) in [6.07, 6.45) is 2.88. The number of amides is 1. The van der Waals surface area contributed by atoms with Gasteiger partial charge in [-0.15, -0.1) is 11.3 Å². The summed E-state index contributed by atoms with van der Waals surface area (Å²) in [7, 11) is 3.92. The number of nitrogens with zero attached hydrogens (tertiary/aromatic N) is 5. The number of hydrogen-bond acceptors (Lipinski definition) is 7. The Kier molecular flexibility index (Phi) is 6.46. The minimum Gasteiger partial charge on any atom is -0.465 e. The van der Waals surface area contributed by atoms with Gasteiger partial charge >= 0.3 is 5.97 Å². The highest BCUT2D eigenvalue weighted by Crippen LogP contribution is 2.21. The molecule has 3 rings (SSSR count). The first-order chi connectivity index (χ1) is 13.0. The molecule has 0 radical (unpaired) electrons. The Morgan fingerprint density at radius 2 is 2.11 bits per heavy atom. The molecular formula is C18H27N5O3S. The summed E-state index contributed by atoms with van der Waals surface area (Å²) in [5.74, 6) is -0.296. The van der Waals surface area contributed by atoms with Crippen LogP contribution in [0.1, 0.15) is 29.5 Å². The Balaban J connectivity index is 1.81. The Labute approximate surface area is 163 Å². The van der Waals surface area contributed by atoms with E-state index in [4.69, 9.17) is 4.74 Å². The zero-order valence-corrected chi connectivity index (χ0v) is 17.0. The van der Waals surface area contributed by atoms with E-state index in [1.807, 2.05) is 32.8 Å². The first-order valence-corrected chi connectivity index (χ1v) is 10.1. The zero-order chi connectivity index (χ0) is 19.4. The molecule has 2 aromatic heterocycles. The van der Waals surface area contributed by atoms with Crippen LogP contribution in [0.25, 0.3) is 4.96 Å². The molecule has 148 valence electrons. The van der Waals surface area contributed by atoms with Crippen LogP contribution in [-0.4, -0.2) is 89.4 Å². The van der Waals surface area contributed by atoms with Crippen LogP contribution >= 0.6 is 11.3 Å². The molecule has 0 atom stereocenters. The number of carbonyl (C=O) groups excluding carboxylic acids is 2. The van der Waals surface area contributed by atoms with Crippen molar-refractivity contribution in [3.05, 3.63) is 23.0 Å². The highest BCUT2D eigenvalue weighted by Gasteiger charge is 2.26. The van der Waals surface area contributed by atoms with Gasteiger partial charge in [0, 0.05) is 37.8 Å². The average Bonchev–Trinajstić information content (AvgIpc) is 3.12. The van der Waals surface area contributed by atoms with Crippen LogP contribution in [-0.2, 0) is 16.1 Å². The summed E-state index contributed by atoms with van der Waals surface area (Å²) in [5, 5.41) is 1.95. The Bertz CT molecular complexity index is 802. The summed E-state index contributed by atoms with van der Waals surface area (Å²) in [4.78, 5) is 36.3. The predicted octanol–water partition coefficient (Wildman–Crippen LogP) is 1.17. The minimum atomic E-state index is -0.269. The number of esters is 1. The summed E-state index contributed by atoms with van der Waals surface area (Å²) >= 11 is 1.50. The number of aromatic nitrogens is 2. The van der Waals surface area contributed by atoms with Crippen molar-refractivity contribution >= 4 is 28.2 Å². The fraction of sp³-hybridized carbons (Fsp3) is 0.611. The second kappa shape index (κ2) is 8.81. The van der Waals surface area contributed by atoms with Crippen molar-refractivity contribution in [2.24, 2.45) is 0 Å². The third kappa shape index (κ3) is 4.66. The molecule has 1 amide bonds. The van der Waals surface area contributed by atoms with Crippen molar-refractivity contribution in [2.75, 3.05) is 53.4 Å². The molecule has 0 aliphatic carbocycles. The lowest BCUT2D eigenvalue weighted by Crippen LogP contribution is -2.36. The number of imidazole rings is 1. The van der Waals surface area contributed by atoms with Gasteiger partial charge in [0.25, 0.3) is 5.91 Å². The van der Waals surface area contributed by atoms with Gasteiger partial charge in [-0.1, -0.05) is 0 Å². The van der Waals surface area contributed by atoms with Crippen molar-refractivity contribution in [1.29, 1.82) is 0 Å². The van der Waals surface area contributed by atoms with Crippen molar-refractivity contribution in [3.63, 3.8) is 0 Å². The Morgan fingerprint density at radius 3 is 2.89 bits per heavy atom. The topological polar surface area (TPSA) is 70.4 Å². The van der Waals surface area contributed by atoms with Gasteiger partial charge in [0.15, 0.2) is 10.7 Å². The number of hydrogen-bond donors (Lipinski definition) is 0. The molecule has 1 aliphatic rings. The van der Waals surface area contributed by atoms with E-state index in [0.29, 0.717) is 25.4 Å². The minimum absolute atomic E-state index is 0.0271. The van der Waals surface area contributed by atoms with Gasteiger partial charge in [-0.25, -0.2) is 4.98 Å². The zero-order valence-electron chi connectivity index (χ0n) is 16.2. The molecule has 0 saturated carbocycles. The summed E-state index contributed by atoms with van der Waals surface area (Å²) in [6, 6.07) is 0. The molecule has 0 spiro atoms. The van der Waals surface area contributed by atoms with E-state index >= 15 is 0 Å². The second-order valence-corrected chi connectivity index (χ2v) is 7.76. The van der Waals surface area contributed by atoms with E-state index in [0.717, 1.165) is 36.7 Å². The molecule has 8 nitrogen and oxygen atoms in total. The Hall–Kier alpha value is -1.97. The van der Waals surface area contributed by atoms with Gasteiger partial charge in [0.1, 0.15) is 0 Å². The molecule has 27 heavy (non-hydrogen) atoms. The van der Waals surface area contributed by atoms with Crippen LogP contribution < -0.4 is 0 Å². The quantitative estimate of drug-likeness (QED) is 0.686. The van der Waals surface area contributed by atoms with Gasteiger partial charge in [0.2, 0.25) is 0 Å². The standard InChI is InChI=1S/C18H27N5O3S/c1-4-26-15(24)13-21(3)12-14-16(19-18-23(14)10-11-27-18)17(25)22-7-5-6-20(2)8-9-22/h10-11H,4-9,12-13H2,1-3H3. The lowest BCUT2D eigenvalue weighted by Gasteiger charge is -2.21. The molecule has 9 heteroatoms. The van der Waals surface area contributed by atoms with Crippen LogP contribution in [0.4, 0.5) is 0 Å². The highest BCUT2D eigenvalue weighted by atomic mass is 32.1. The van der Waals surface area contributed by atoms with Crippen LogP contribution in [0.5, 0.6) is 0 Å². The molecule has 0 bridgehead atoms. The SMILES string of the molecule is CCOC(=O)CN(C)Cc1c(C(=O)N2CCCN(C)CC2)nc2sccn12. The Morgan fingerprint density at radius 1 is 1.30 bits per heavy atom. The first-order valence-electron chi connectivity index (χ1n) is 9.26.